The number of hydrogen-bond donors (Lipinski definition) is 3. The van der Waals surface area contributed by atoms with Crippen LogP contribution in [0.5, 0.6) is 0 Å². The molecule has 8 heteroatoms. The molecule has 0 aliphatic carbocycles. The van der Waals surface area contributed by atoms with E-state index >= 15 is 0 Å². The van der Waals surface area contributed by atoms with Crippen molar-refractivity contribution < 1.29 is 4.79 Å². The molecular weight excluding hydrogens is 371 g/mol. The first-order valence-corrected chi connectivity index (χ1v) is 9.36. The lowest BCUT2D eigenvalue weighted by molar-refractivity contribution is -0.129. The summed E-state index contributed by atoms with van der Waals surface area (Å²) in [6, 6.07) is 5.40. The minimum Gasteiger partial charge on any atom is -0.351 e. The van der Waals surface area contributed by atoms with E-state index in [1.54, 1.807) is 12.1 Å². The molecule has 3 N–H and O–H groups in total. The van der Waals surface area contributed by atoms with Crippen LogP contribution in [0.4, 0.5) is 5.69 Å². The van der Waals surface area contributed by atoms with Crippen LogP contribution in [0.2, 0.25) is 10.0 Å². The van der Waals surface area contributed by atoms with Gasteiger partial charge in [-0.05, 0) is 38.0 Å². The molecule has 6 atom stereocenters. The van der Waals surface area contributed by atoms with Crippen LogP contribution >= 0.6 is 34.8 Å². The van der Waals surface area contributed by atoms with E-state index < -0.39 is 0 Å². The minimum atomic E-state index is -0.184. The van der Waals surface area contributed by atoms with E-state index in [0.717, 1.165) is 18.5 Å². The molecule has 3 fully saturated rings. The predicted octanol–water partition coefficient (Wildman–Crippen LogP) is 2.51. The van der Waals surface area contributed by atoms with Crippen molar-refractivity contribution in [2.24, 2.45) is 5.92 Å². The first kappa shape index (κ1) is 16.7. The Morgan fingerprint density at radius 1 is 1.25 bits per heavy atom. The number of halogens is 3. The zero-order chi connectivity index (χ0) is 17.0. The van der Waals surface area contributed by atoms with Crippen molar-refractivity contribution in [3.05, 3.63) is 28.2 Å². The third-order valence-electron chi connectivity index (χ3n) is 5.25. The van der Waals surface area contributed by atoms with Gasteiger partial charge in [0.25, 0.3) is 0 Å². The van der Waals surface area contributed by atoms with Crippen molar-refractivity contribution in [3.63, 3.8) is 0 Å². The van der Waals surface area contributed by atoms with Gasteiger partial charge in [0, 0.05) is 17.1 Å². The summed E-state index contributed by atoms with van der Waals surface area (Å²) in [5.41, 5.74) is 4.10. The fourth-order valence-corrected chi connectivity index (χ4v) is 4.85. The fraction of sp³-hybridized carbons (Fsp3) is 0.562. The standard InChI is InChI=1S/C16H19Cl3N4O/c1-7-13-15(14-10(20-16(13)24)4-5-12(19)21-14)23(22-7)11-6-8(17)2-3-9(11)18/h2-3,6-7,10,12-15,21-22H,4-5H2,1H3,(H,20,24). The molecule has 0 aromatic heterocycles. The molecule has 24 heavy (non-hydrogen) atoms. The molecule has 3 aliphatic heterocycles. The van der Waals surface area contributed by atoms with E-state index in [0.29, 0.717) is 10.0 Å². The maximum Gasteiger partial charge on any atom is 0.227 e. The SMILES string of the molecule is CC1NN(c2cc(Cl)ccc2Cl)C2C3NC(Cl)CCC3NC(=O)C12. The summed E-state index contributed by atoms with van der Waals surface area (Å²) in [5.74, 6) is -0.104. The molecule has 1 aromatic rings. The molecule has 4 rings (SSSR count). The number of fused-ring (bicyclic) bond motifs is 3. The summed E-state index contributed by atoms with van der Waals surface area (Å²) in [6.45, 7) is 2.01. The first-order chi connectivity index (χ1) is 11.5. The Morgan fingerprint density at radius 2 is 2.04 bits per heavy atom. The van der Waals surface area contributed by atoms with Gasteiger partial charge in [-0.2, -0.15) is 0 Å². The third-order valence-corrected chi connectivity index (χ3v) is 6.15. The number of carbonyl (C=O) groups excluding carboxylic acids is 1. The summed E-state index contributed by atoms with van der Waals surface area (Å²) in [5, 5.41) is 9.82. The molecule has 6 unspecified atom stereocenters. The Morgan fingerprint density at radius 3 is 2.83 bits per heavy atom. The number of rotatable bonds is 1. The number of anilines is 1. The van der Waals surface area contributed by atoms with Crippen LogP contribution in [0.25, 0.3) is 0 Å². The Hall–Kier alpha value is -0.720. The van der Waals surface area contributed by atoms with Crippen molar-refractivity contribution in [1.29, 1.82) is 0 Å². The highest BCUT2D eigenvalue weighted by Crippen LogP contribution is 2.39. The second-order valence-electron chi connectivity index (χ2n) is 6.75. The Kier molecular flexibility index (Phi) is 4.34. The second kappa shape index (κ2) is 6.22. The molecule has 130 valence electrons. The van der Waals surface area contributed by atoms with E-state index in [4.69, 9.17) is 34.8 Å². The van der Waals surface area contributed by atoms with Gasteiger partial charge in [-0.25, -0.2) is 5.43 Å². The minimum absolute atomic E-state index is 0.0106. The van der Waals surface area contributed by atoms with Gasteiger partial charge in [0.15, 0.2) is 0 Å². The highest BCUT2D eigenvalue weighted by Gasteiger charge is 2.55. The summed E-state index contributed by atoms with van der Waals surface area (Å²) < 4.78 is 0. The molecule has 0 radical (unpaired) electrons. The molecule has 0 bridgehead atoms. The number of amides is 1. The Bertz CT molecular complexity index is 673. The molecule has 3 aliphatic rings. The van der Waals surface area contributed by atoms with Gasteiger partial charge < -0.3 is 10.3 Å². The van der Waals surface area contributed by atoms with Crippen LogP contribution in [-0.2, 0) is 4.79 Å². The van der Waals surface area contributed by atoms with Gasteiger partial charge in [-0.3, -0.25) is 10.1 Å². The van der Waals surface area contributed by atoms with E-state index in [9.17, 15) is 4.79 Å². The number of hydrogen-bond acceptors (Lipinski definition) is 4. The number of carbonyl (C=O) groups is 1. The molecule has 0 spiro atoms. The summed E-state index contributed by atoms with van der Waals surface area (Å²) in [6.07, 6.45) is 1.70. The lowest BCUT2D eigenvalue weighted by Gasteiger charge is -2.47. The molecule has 5 nitrogen and oxygen atoms in total. The van der Waals surface area contributed by atoms with Gasteiger partial charge in [-0.1, -0.05) is 23.2 Å². The van der Waals surface area contributed by atoms with Gasteiger partial charge in [0.05, 0.1) is 34.2 Å². The number of alkyl halides is 1. The van der Waals surface area contributed by atoms with Gasteiger partial charge >= 0.3 is 0 Å². The normalized spacial score (nSPS) is 38.5. The summed E-state index contributed by atoms with van der Waals surface area (Å²) in [4.78, 5) is 12.7. The molecule has 3 saturated heterocycles. The number of benzene rings is 1. The van der Waals surface area contributed by atoms with E-state index in [2.05, 4.69) is 16.1 Å². The average molecular weight is 390 g/mol. The van der Waals surface area contributed by atoms with Crippen molar-refractivity contribution in [1.82, 2.24) is 16.1 Å². The zero-order valence-corrected chi connectivity index (χ0v) is 15.4. The molecular formula is C16H19Cl3N4O. The first-order valence-electron chi connectivity index (χ1n) is 8.16. The maximum absolute atomic E-state index is 12.7. The van der Waals surface area contributed by atoms with E-state index in [1.165, 1.54) is 0 Å². The smallest absolute Gasteiger partial charge is 0.227 e. The summed E-state index contributed by atoms with van der Waals surface area (Å²) >= 11 is 18.9. The van der Waals surface area contributed by atoms with Crippen LogP contribution in [0.15, 0.2) is 18.2 Å². The van der Waals surface area contributed by atoms with Crippen molar-refractivity contribution in [2.45, 2.75) is 49.4 Å². The predicted molar refractivity (Wildman–Crippen MR) is 96.5 cm³/mol. The largest absolute Gasteiger partial charge is 0.351 e. The number of hydrazine groups is 1. The van der Waals surface area contributed by atoms with Crippen LogP contribution in [0.1, 0.15) is 19.8 Å². The second-order valence-corrected chi connectivity index (χ2v) is 8.12. The van der Waals surface area contributed by atoms with E-state index in [1.807, 2.05) is 18.0 Å². The van der Waals surface area contributed by atoms with Gasteiger partial charge in [0.2, 0.25) is 5.91 Å². The van der Waals surface area contributed by atoms with E-state index in [-0.39, 0.29) is 41.5 Å². The monoisotopic (exact) mass is 388 g/mol. The lowest BCUT2D eigenvalue weighted by Crippen LogP contribution is -2.70. The van der Waals surface area contributed by atoms with Crippen LogP contribution in [-0.4, -0.2) is 35.6 Å². The Labute approximate surface area is 156 Å². The summed E-state index contributed by atoms with van der Waals surface area (Å²) in [7, 11) is 0. The van der Waals surface area contributed by atoms with Gasteiger partial charge in [-0.15, -0.1) is 11.6 Å². The van der Waals surface area contributed by atoms with Crippen LogP contribution in [0.3, 0.4) is 0 Å². The third kappa shape index (κ3) is 2.67. The van der Waals surface area contributed by atoms with Crippen LogP contribution < -0.4 is 21.1 Å². The molecule has 1 amide bonds. The zero-order valence-electron chi connectivity index (χ0n) is 13.1. The topological polar surface area (TPSA) is 56.4 Å². The highest BCUT2D eigenvalue weighted by molar-refractivity contribution is 6.35. The van der Waals surface area contributed by atoms with Crippen molar-refractivity contribution in [2.75, 3.05) is 5.01 Å². The van der Waals surface area contributed by atoms with Crippen molar-refractivity contribution in [3.8, 4) is 0 Å². The van der Waals surface area contributed by atoms with Crippen molar-refractivity contribution >= 4 is 46.4 Å². The number of piperidine rings is 2. The average Bonchev–Trinajstić information content (AvgIpc) is 2.89. The molecule has 1 aromatic carbocycles. The van der Waals surface area contributed by atoms with Gasteiger partial charge in [0.1, 0.15) is 0 Å². The van der Waals surface area contributed by atoms with Crippen LogP contribution in [0, 0.1) is 5.92 Å². The number of nitrogens with one attached hydrogen (secondary N) is 3. The fourth-order valence-electron chi connectivity index (χ4n) is 4.20. The quantitative estimate of drug-likeness (QED) is 0.510. The Balaban J connectivity index is 1.75. The maximum atomic E-state index is 12.7. The lowest BCUT2D eigenvalue weighted by atomic mass is 9.79. The molecule has 3 heterocycles. The number of nitrogens with zero attached hydrogens (tertiary/aromatic N) is 1. The highest BCUT2D eigenvalue weighted by atomic mass is 35.5. The molecule has 0 saturated carbocycles.